The average molecular weight is 294 g/mol. The number of rotatable bonds is 1. The van der Waals surface area contributed by atoms with Gasteiger partial charge < -0.3 is 14.6 Å². The average Bonchev–Trinajstić information content (AvgIpc) is 2.89. The number of hydrogen-bond donors (Lipinski definition) is 1. The third kappa shape index (κ3) is 1.90. The molecule has 0 saturated heterocycles. The molecule has 1 aliphatic rings. The van der Waals surface area contributed by atoms with Crippen LogP contribution in [0.25, 0.3) is 16.8 Å². The summed E-state index contributed by atoms with van der Waals surface area (Å²) in [6.45, 7) is -0.0482. The van der Waals surface area contributed by atoms with Crippen LogP contribution in [0, 0.1) is 0 Å². The Hall–Kier alpha value is -2.47. The standard InChI is InChI=1S/C13H8ClNO5/c14-7-1-2-8-9(3-7)15(12-5-19-6-20-12)13(18)11(17)4-10(8)16/h1-5,17H,6H2. The minimum Gasteiger partial charge on any atom is -0.503 e. The molecule has 1 aromatic carbocycles. The van der Waals surface area contributed by atoms with E-state index in [1.54, 1.807) is 0 Å². The van der Waals surface area contributed by atoms with E-state index in [1.165, 1.54) is 24.5 Å². The lowest BCUT2D eigenvalue weighted by Gasteiger charge is -2.06. The van der Waals surface area contributed by atoms with Crippen molar-refractivity contribution in [2.45, 2.75) is 0 Å². The van der Waals surface area contributed by atoms with Gasteiger partial charge in [-0.3, -0.25) is 9.59 Å². The van der Waals surface area contributed by atoms with Crippen molar-refractivity contribution in [3.05, 3.63) is 56.1 Å². The molecule has 0 radical (unpaired) electrons. The summed E-state index contributed by atoms with van der Waals surface area (Å²) >= 11 is 5.91. The van der Waals surface area contributed by atoms with E-state index >= 15 is 0 Å². The quantitative estimate of drug-likeness (QED) is 0.862. The summed E-state index contributed by atoms with van der Waals surface area (Å²) in [4.78, 5) is 24.2. The molecule has 0 aliphatic carbocycles. The summed E-state index contributed by atoms with van der Waals surface area (Å²) in [5.74, 6) is -0.605. The summed E-state index contributed by atoms with van der Waals surface area (Å²) < 4.78 is 11.1. The molecule has 0 fully saturated rings. The SMILES string of the molecule is O=c1cc(O)c(=O)n(C2=COCO2)c2cc(Cl)ccc12. The van der Waals surface area contributed by atoms with Crippen LogP contribution in [0.2, 0.25) is 5.02 Å². The molecule has 0 unspecified atom stereocenters. The maximum absolute atomic E-state index is 12.2. The van der Waals surface area contributed by atoms with Crippen LogP contribution in [0.1, 0.15) is 0 Å². The molecular formula is C13H8ClNO5. The maximum atomic E-state index is 12.2. The Labute approximate surface area is 117 Å². The molecule has 0 bridgehead atoms. The van der Waals surface area contributed by atoms with Crippen LogP contribution in [0.3, 0.4) is 0 Å². The second-order valence-corrected chi connectivity index (χ2v) is 4.52. The lowest BCUT2D eigenvalue weighted by molar-refractivity contribution is 0.0960. The largest absolute Gasteiger partial charge is 0.503 e. The predicted octanol–water partition coefficient (Wildman–Crippen LogP) is 1.48. The minimum atomic E-state index is -0.795. The third-order valence-electron chi connectivity index (χ3n) is 2.84. The molecule has 0 spiro atoms. The molecule has 3 rings (SSSR count). The first kappa shape index (κ1) is 12.6. The van der Waals surface area contributed by atoms with Crippen molar-refractivity contribution in [2.75, 3.05) is 6.79 Å². The molecule has 1 aromatic heterocycles. The number of hydrogen-bond acceptors (Lipinski definition) is 5. The molecule has 2 heterocycles. The highest BCUT2D eigenvalue weighted by Gasteiger charge is 2.17. The number of halogens is 1. The third-order valence-corrected chi connectivity index (χ3v) is 3.07. The Morgan fingerprint density at radius 1 is 1.25 bits per heavy atom. The zero-order valence-corrected chi connectivity index (χ0v) is 10.8. The second kappa shape index (κ2) is 4.57. The molecular weight excluding hydrogens is 286 g/mol. The van der Waals surface area contributed by atoms with Gasteiger partial charge in [-0.1, -0.05) is 11.6 Å². The summed E-state index contributed by atoms with van der Waals surface area (Å²) in [5.41, 5.74) is -1.06. The number of benzene rings is 1. The Morgan fingerprint density at radius 2 is 2.05 bits per heavy atom. The number of aromatic nitrogens is 1. The van der Waals surface area contributed by atoms with E-state index < -0.39 is 16.7 Å². The van der Waals surface area contributed by atoms with Crippen molar-refractivity contribution >= 4 is 28.4 Å². The van der Waals surface area contributed by atoms with Crippen LogP contribution < -0.4 is 11.0 Å². The summed E-state index contributed by atoms with van der Waals surface area (Å²) in [6, 6.07) is 5.32. The van der Waals surface area contributed by atoms with E-state index in [0.29, 0.717) is 5.02 Å². The number of ether oxygens (including phenoxy) is 2. The van der Waals surface area contributed by atoms with E-state index in [4.69, 9.17) is 21.1 Å². The first-order chi connectivity index (χ1) is 9.58. The Kier molecular flexibility index (Phi) is 2.87. The summed E-state index contributed by atoms with van der Waals surface area (Å²) in [5, 5.41) is 10.3. The van der Waals surface area contributed by atoms with Crippen molar-refractivity contribution in [3.63, 3.8) is 0 Å². The van der Waals surface area contributed by atoms with E-state index in [1.807, 2.05) is 0 Å². The van der Waals surface area contributed by atoms with Crippen LogP contribution in [0.15, 0.2) is 40.1 Å². The first-order valence-electron chi connectivity index (χ1n) is 5.61. The normalized spacial score (nSPS) is 13.8. The molecule has 102 valence electrons. The molecule has 0 saturated carbocycles. The Morgan fingerprint density at radius 3 is 2.75 bits per heavy atom. The van der Waals surface area contributed by atoms with Crippen molar-refractivity contribution < 1.29 is 14.6 Å². The smallest absolute Gasteiger partial charge is 0.300 e. The summed E-state index contributed by atoms with van der Waals surface area (Å²) in [6.07, 6.45) is 1.23. The van der Waals surface area contributed by atoms with Gasteiger partial charge in [-0.25, -0.2) is 4.57 Å². The fourth-order valence-corrected chi connectivity index (χ4v) is 2.12. The topological polar surface area (TPSA) is 77.8 Å². The molecule has 0 amide bonds. The lowest BCUT2D eigenvalue weighted by Crippen LogP contribution is -2.17. The summed E-state index contributed by atoms with van der Waals surface area (Å²) in [7, 11) is 0. The van der Waals surface area contributed by atoms with Gasteiger partial charge in [-0.2, -0.15) is 0 Å². The molecule has 0 atom stereocenters. The lowest BCUT2D eigenvalue weighted by atomic mass is 10.2. The highest BCUT2D eigenvalue weighted by molar-refractivity contribution is 6.31. The van der Waals surface area contributed by atoms with Crippen molar-refractivity contribution in [1.82, 2.24) is 4.57 Å². The van der Waals surface area contributed by atoms with E-state index in [-0.39, 0.29) is 23.6 Å². The van der Waals surface area contributed by atoms with Gasteiger partial charge >= 0.3 is 0 Å². The van der Waals surface area contributed by atoms with Gasteiger partial charge in [-0.05, 0) is 18.2 Å². The van der Waals surface area contributed by atoms with Crippen LogP contribution in [0.5, 0.6) is 5.75 Å². The highest BCUT2D eigenvalue weighted by atomic mass is 35.5. The van der Waals surface area contributed by atoms with Gasteiger partial charge in [0.2, 0.25) is 12.7 Å². The van der Waals surface area contributed by atoms with Gasteiger partial charge in [0.25, 0.3) is 5.56 Å². The van der Waals surface area contributed by atoms with Gasteiger partial charge in [-0.15, -0.1) is 0 Å². The van der Waals surface area contributed by atoms with Crippen LogP contribution in [0.4, 0.5) is 0 Å². The number of fused-ring (bicyclic) bond motifs is 1. The van der Waals surface area contributed by atoms with Crippen LogP contribution in [-0.2, 0) is 9.47 Å². The number of aromatic hydroxyl groups is 1. The van der Waals surface area contributed by atoms with Crippen LogP contribution >= 0.6 is 11.6 Å². The molecule has 2 aromatic rings. The molecule has 7 heteroatoms. The zero-order valence-electron chi connectivity index (χ0n) is 10.00. The predicted molar refractivity (Wildman–Crippen MR) is 72.5 cm³/mol. The molecule has 6 nitrogen and oxygen atoms in total. The fraction of sp³-hybridized carbons (Fsp3) is 0.0769. The number of nitrogens with zero attached hydrogens (tertiary/aromatic N) is 1. The van der Waals surface area contributed by atoms with Gasteiger partial charge in [0, 0.05) is 16.5 Å². The van der Waals surface area contributed by atoms with E-state index in [9.17, 15) is 14.7 Å². The van der Waals surface area contributed by atoms with Crippen LogP contribution in [-0.4, -0.2) is 16.5 Å². The van der Waals surface area contributed by atoms with Crippen molar-refractivity contribution in [1.29, 1.82) is 0 Å². The Bertz CT molecular complexity index is 856. The molecule has 1 N–H and O–H groups in total. The molecule has 1 aliphatic heterocycles. The van der Waals surface area contributed by atoms with Gasteiger partial charge in [0.15, 0.2) is 11.2 Å². The highest BCUT2D eigenvalue weighted by Crippen LogP contribution is 2.21. The first-order valence-corrected chi connectivity index (χ1v) is 5.99. The Balaban J connectivity index is 2.57. The minimum absolute atomic E-state index is 0.0482. The fourth-order valence-electron chi connectivity index (χ4n) is 1.96. The van der Waals surface area contributed by atoms with Gasteiger partial charge in [0.1, 0.15) is 6.26 Å². The van der Waals surface area contributed by atoms with Gasteiger partial charge in [0.05, 0.1) is 5.52 Å². The van der Waals surface area contributed by atoms with Crippen molar-refractivity contribution in [2.24, 2.45) is 0 Å². The molecule has 20 heavy (non-hydrogen) atoms. The zero-order chi connectivity index (χ0) is 14.3. The maximum Gasteiger partial charge on any atom is 0.300 e. The van der Waals surface area contributed by atoms with E-state index in [0.717, 1.165) is 10.6 Å². The van der Waals surface area contributed by atoms with E-state index in [2.05, 4.69) is 0 Å². The monoisotopic (exact) mass is 293 g/mol. The van der Waals surface area contributed by atoms with Crippen molar-refractivity contribution in [3.8, 4) is 5.75 Å². The second-order valence-electron chi connectivity index (χ2n) is 4.08.